The van der Waals surface area contributed by atoms with E-state index in [-0.39, 0.29) is 17.8 Å². The second kappa shape index (κ2) is 8.32. The number of anilines is 1. The van der Waals surface area contributed by atoms with Crippen molar-refractivity contribution in [2.24, 2.45) is 0 Å². The van der Waals surface area contributed by atoms with Crippen molar-refractivity contribution in [2.45, 2.75) is 32.2 Å². The topological polar surface area (TPSA) is 119 Å². The predicted molar refractivity (Wildman–Crippen MR) is 111 cm³/mol. The van der Waals surface area contributed by atoms with E-state index in [1.807, 2.05) is 18.2 Å². The van der Waals surface area contributed by atoms with Gasteiger partial charge in [0.15, 0.2) is 0 Å². The van der Waals surface area contributed by atoms with Crippen LogP contribution in [0.15, 0.2) is 42.5 Å². The van der Waals surface area contributed by atoms with Gasteiger partial charge in [-0.2, -0.15) is 0 Å². The number of nitrogens with zero attached hydrogens (tertiary/aromatic N) is 3. The van der Waals surface area contributed by atoms with E-state index in [4.69, 9.17) is 4.98 Å². The first-order valence-corrected chi connectivity index (χ1v) is 9.83. The van der Waals surface area contributed by atoms with E-state index >= 15 is 0 Å². The Morgan fingerprint density at radius 2 is 2.00 bits per heavy atom. The van der Waals surface area contributed by atoms with E-state index in [0.29, 0.717) is 5.69 Å². The highest BCUT2D eigenvalue weighted by molar-refractivity contribution is 6.00. The SMILES string of the molecule is O=C(CNC(=O)c1cccc([N+](=O)[O-])c1)Nc1ccc2c(c1)nc1n2CCCCC1. The summed E-state index contributed by atoms with van der Waals surface area (Å²) in [4.78, 5) is 39.4. The number of fused-ring (bicyclic) bond motifs is 3. The van der Waals surface area contributed by atoms with Crippen molar-refractivity contribution >= 4 is 34.2 Å². The van der Waals surface area contributed by atoms with E-state index in [0.717, 1.165) is 42.7 Å². The maximum absolute atomic E-state index is 12.2. The van der Waals surface area contributed by atoms with Gasteiger partial charge in [-0.15, -0.1) is 0 Å². The van der Waals surface area contributed by atoms with Crippen molar-refractivity contribution in [2.75, 3.05) is 11.9 Å². The Labute approximate surface area is 172 Å². The zero-order valence-corrected chi connectivity index (χ0v) is 16.3. The number of carbonyl (C=O) groups excluding carboxylic acids is 2. The first-order chi connectivity index (χ1) is 14.5. The molecule has 9 heteroatoms. The van der Waals surface area contributed by atoms with Crippen molar-refractivity contribution in [1.82, 2.24) is 14.9 Å². The molecule has 30 heavy (non-hydrogen) atoms. The summed E-state index contributed by atoms with van der Waals surface area (Å²) in [6, 6.07) is 11.0. The number of aromatic nitrogens is 2. The number of nitrogens with one attached hydrogen (secondary N) is 2. The van der Waals surface area contributed by atoms with Gasteiger partial charge in [0.2, 0.25) is 5.91 Å². The van der Waals surface area contributed by atoms with Crippen LogP contribution < -0.4 is 10.6 Å². The van der Waals surface area contributed by atoms with Crippen molar-refractivity contribution in [3.05, 3.63) is 64.0 Å². The molecule has 1 aliphatic heterocycles. The van der Waals surface area contributed by atoms with Crippen LogP contribution in [0.3, 0.4) is 0 Å². The molecule has 0 spiro atoms. The highest BCUT2D eigenvalue weighted by Crippen LogP contribution is 2.24. The van der Waals surface area contributed by atoms with Gasteiger partial charge < -0.3 is 15.2 Å². The fourth-order valence-electron chi connectivity index (χ4n) is 3.66. The second-order valence-electron chi connectivity index (χ2n) is 7.23. The molecule has 0 unspecified atom stereocenters. The Morgan fingerprint density at radius 3 is 2.83 bits per heavy atom. The third-order valence-corrected chi connectivity index (χ3v) is 5.12. The van der Waals surface area contributed by atoms with Gasteiger partial charge in [-0.3, -0.25) is 19.7 Å². The lowest BCUT2D eigenvalue weighted by molar-refractivity contribution is -0.384. The molecule has 1 aromatic heterocycles. The molecule has 0 atom stereocenters. The lowest BCUT2D eigenvalue weighted by atomic mass is 10.2. The molecule has 4 rings (SSSR count). The number of nitro benzene ring substituents is 1. The smallest absolute Gasteiger partial charge is 0.270 e. The summed E-state index contributed by atoms with van der Waals surface area (Å²) < 4.78 is 2.24. The average Bonchev–Trinajstić information content (AvgIpc) is 2.91. The Balaban J connectivity index is 1.39. The monoisotopic (exact) mass is 407 g/mol. The number of rotatable bonds is 5. The number of benzene rings is 2. The highest BCUT2D eigenvalue weighted by Gasteiger charge is 2.15. The Bertz CT molecular complexity index is 1140. The van der Waals surface area contributed by atoms with E-state index in [2.05, 4.69) is 15.2 Å². The van der Waals surface area contributed by atoms with Gasteiger partial charge in [0.25, 0.3) is 11.6 Å². The molecule has 0 bridgehead atoms. The molecule has 0 aliphatic carbocycles. The number of amides is 2. The summed E-state index contributed by atoms with van der Waals surface area (Å²) in [5.74, 6) is 0.131. The summed E-state index contributed by atoms with van der Waals surface area (Å²) in [5.41, 5.74) is 2.44. The van der Waals surface area contributed by atoms with Crippen molar-refractivity contribution in [3.8, 4) is 0 Å². The van der Waals surface area contributed by atoms with Crippen molar-refractivity contribution < 1.29 is 14.5 Å². The van der Waals surface area contributed by atoms with Crippen LogP contribution >= 0.6 is 0 Å². The van der Waals surface area contributed by atoms with Gasteiger partial charge in [-0.25, -0.2) is 4.98 Å². The molecular weight excluding hydrogens is 386 g/mol. The number of imidazole rings is 1. The molecule has 2 N–H and O–H groups in total. The minimum atomic E-state index is -0.574. The van der Waals surface area contributed by atoms with E-state index < -0.39 is 16.7 Å². The summed E-state index contributed by atoms with van der Waals surface area (Å²) in [5, 5.41) is 16.1. The third kappa shape index (κ3) is 4.14. The number of hydrogen-bond acceptors (Lipinski definition) is 5. The largest absolute Gasteiger partial charge is 0.343 e. The molecule has 9 nitrogen and oxygen atoms in total. The summed E-state index contributed by atoms with van der Waals surface area (Å²) in [6.45, 7) is 0.709. The quantitative estimate of drug-likeness (QED) is 0.498. The third-order valence-electron chi connectivity index (χ3n) is 5.12. The van der Waals surface area contributed by atoms with Gasteiger partial charge in [0.05, 0.1) is 22.5 Å². The minimum Gasteiger partial charge on any atom is -0.343 e. The van der Waals surface area contributed by atoms with E-state index in [1.54, 1.807) is 0 Å². The molecule has 1 aliphatic rings. The maximum Gasteiger partial charge on any atom is 0.270 e. The molecule has 154 valence electrons. The summed E-state index contributed by atoms with van der Waals surface area (Å²) in [6.07, 6.45) is 4.44. The molecule has 3 aromatic rings. The Hall–Kier alpha value is -3.75. The summed E-state index contributed by atoms with van der Waals surface area (Å²) in [7, 11) is 0. The molecule has 0 fully saturated rings. The van der Waals surface area contributed by atoms with Crippen LogP contribution in [0.2, 0.25) is 0 Å². The Morgan fingerprint density at radius 1 is 1.13 bits per heavy atom. The van der Waals surface area contributed by atoms with Gasteiger partial charge >= 0.3 is 0 Å². The van der Waals surface area contributed by atoms with Crippen molar-refractivity contribution in [3.63, 3.8) is 0 Å². The van der Waals surface area contributed by atoms with Gasteiger partial charge in [-0.1, -0.05) is 12.5 Å². The fourth-order valence-corrected chi connectivity index (χ4v) is 3.66. The molecule has 2 aromatic carbocycles. The van der Waals surface area contributed by atoms with Gasteiger partial charge in [-0.05, 0) is 37.1 Å². The lowest BCUT2D eigenvalue weighted by Gasteiger charge is -2.08. The van der Waals surface area contributed by atoms with Crippen LogP contribution in [0.1, 0.15) is 35.4 Å². The second-order valence-corrected chi connectivity index (χ2v) is 7.23. The number of hydrogen-bond donors (Lipinski definition) is 2. The normalized spacial score (nSPS) is 13.3. The standard InChI is InChI=1S/C21H21N5O4/c27-20(13-22-21(28)14-5-4-6-16(11-14)26(29)30)23-15-8-9-18-17(12-15)24-19-7-2-1-3-10-25(18)19/h4-6,8-9,11-12H,1-3,7,10,13H2,(H,22,28)(H,23,27). The van der Waals surface area contributed by atoms with Crippen LogP contribution in [0.5, 0.6) is 0 Å². The zero-order chi connectivity index (χ0) is 21.1. The number of nitro groups is 1. The fraction of sp³-hybridized carbons (Fsp3) is 0.286. The molecular formula is C21H21N5O4. The average molecular weight is 407 g/mol. The molecule has 0 saturated heterocycles. The van der Waals surface area contributed by atoms with E-state index in [1.165, 1.54) is 30.7 Å². The highest BCUT2D eigenvalue weighted by atomic mass is 16.6. The maximum atomic E-state index is 12.2. The molecule has 2 heterocycles. The van der Waals surface area contributed by atoms with Crippen LogP contribution in [-0.4, -0.2) is 32.8 Å². The van der Waals surface area contributed by atoms with Crippen LogP contribution in [-0.2, 0) is 17.8 Å². The number of aryl methyl sites for hydroxylation is 2. The molecule has 2 amide bonds. The Kier molecular flexibility index (Phi) is 5.42. The minimum absolute atomic E-state index is 0.123. The first kappa shape index (κ1) is 19.6. The molecule has 0 saturated carbocycles. The van der Waals surface area contributed by atoms with E-state index in [9.17, 15) is 19.7 Å². The number of non-ortho nitro benzene ring substituents is 1. The lowest BCUT2D eigenvalue weighted by Crippen LogP contribution is -2.32. The van der Waals surface area contributed by atoms with Gasteiger partial charge in [0.1, 0.15) is 5.82 Å². The van der Waals surface area contributed by atoms with Gasteiger partial charge in [0, 0.05) is 36.3 Å². The number of carbonyl (C=O) groups is 2. The van der Waals surface area contributed by atoms with Crippen LogP contribution in [0.4, 0.5) is 11.4 Å². The van der Waals surface area contributed by atoms with Crippen molar-refractivity contribution in [1.29, 1.82) is 0 Å². The predicted octanol–water partition coefficient (Wildman–Crippen LogP) is 3.04. The zero-order valence-electron chi connectivity index (χ0n) is 16.3. The first-order valence-electron chi connectivity index (χ1n) is 9.83. The van der Waals surface area contributed by atoms with Crippen LogP contribution in [0, 0.1) is 10.1 Å². The summed E-state index contributed by atoms with van der Waals surface area (Å²) >= 11 is 0. The van der Waals surface area contributed by atoms with Crippen LogP contribution in [0.25, 0.3) is 11.0 Å². The molecule has 0 radical (unpaired) electrons.